The molecule has 0 aromatic heterocycles. The van der Waals surface area contributed by atoms with E-state index in [2.05, 4.69) is 13.8 Å². The van der Waals surface area contributed by atoms with Crippen LogP contribution in [0.3, 0.4) is 0 Å². The van der Waals surface area contributed by atoms with Gasteiger partial charge >= 0.3 is 12.0 Å². The van der Waals surface area contributed by atoms with Crippen molar-refractivity contribution in [3.63, 3.8) is 0 Å². The van der Waals surface area contributed by atoms with Gasteiger partial charge in [-0.3, -0.25) is 0 Å². The highest BCUT2D eigenvalue weighted by atomic mass is 32.2. The van der Waals surface area contributed by atoms with Crippen molar-refractivity contribution in [2.24, 2.45) is 5.92 Å². The van der Waals surface area contributed by atoms with Crippen molar-refractivity contribution in [2.45, 2.75) is 26.3 Å². The number of carbonyl (C=O) groups is 2. The highest BCUT2D eigenvalue weighted by Gasteiger charge is 2.36. The molecule has 0 aliphatic carbocycles. The third-order valence-corrected chi connectivity index (χ3v) is 4.03. The van der Waals surface area contributed by atoms with Gasteiger partial charge in [0.05, 0.1) is 5.88 Å². The lowest BCUT2D eigenvalue weighted by Gasteiger charge is -2.28. The van der Waals surface area contributed by atoms with Gasteiger partial charge in [0, 0.05) is 19.3 Å². The second kappa shape index (κ2) is 6.14. The summed E-state index contributed by atoms with van der Waals surface area (Å²) in [6.07, 6.45) is 1.01. The normalized spacial score (nSPS) is 21.4. The van der Waals surface area contributed by atoms with Gasteiger partial charge in [-0.1, -0.05) is 20.3 Å². The third-order valence-electron chi connectivity index (χ3n) is 3.02. The molecular formula is C11H20N2O3S. The lowest BCUT2D eigenvalue weighted by Crippen LogP contribution is -2.48. The van der Waals surface area contributed by atoms with Gasteiger partial charge < -0.3 is 14.9 Å². The van der Waals surface area contributed by atoms with Crippen molar-refractivity contribution in [2.75, 3.05) is 25.2 Å². The molecule has 17 heavy (non-hydrogen) atoms. The maximum absolute atomic E-state index is 12.1. The van der Waals surface area contributed by atoms with Crippen molar-refractivity contribution in [1.29, 1.82) is 0 Å². The van der Waals surface area contributed by atoms with Crippen LogP contribution in [-0.2, 0) is 4.79 Å². The summed E-state index contributed by atoms with van der Waals surface area (Å²) in [5.74, 6) is 0.474. The van der Waals surface area contributed by atoms with Gasteiger partial charge in [0.1, 0.15) is 6.04 Å². The first-order chi connectivity index (χ1) is 7.97. The predicted octanol–water partition coefficient (Wildman–Crippen LogP) is 1.54. The van der Waals surface area contributed by atoms with Crippen LogP contribution in [0.4, 0.5) is 4.79 Å². The van der Waals surface area contributed by atoms with Crippen LogP contribution in [0.2, 0.25) is 0 Å². The van der Waals surface area contributed by atoms with Gasteiger partial charge in [-0.15, -0.1) is 11.8 Å². The minimum absolute atomic E-state index is 0.178. The molecule has 0 bridgehead atoms. The molecule has 1 aliphatic rings. The zero-order valence-corrected chi connectivity index (χ0v) is 11.4. The number of aliphatic carboxylic acids is 1. The van der Waals surface area contributed by atoms with Crippen molar-refractivity contribution >= 4 is 23.8 Å². The lowest BCUT2D eigenvalue weighted by atomic mass is 10.1. The van der Waals surface area contributed by atoms with Gasteiger partial charge in [0.25, 0.3) is 0 Å². The Labute approximate surface area is 106 Å². The fourth-order valence-corrected chi connectivity index (χ4v) is 2.87. The van der Waals surface area contributed by atoms with Crippen molar-refractivity contribution in [3.8, 4) is 0 Å². The fourth-order valence-electron chi connectivity index (χ4n) is 1.73. The van der Waals surface area contributed by atoms with Crippen LogP contribution in [0.25, 0.3) is 0 Å². The molecule has 1 aliphatic heterocycles. The summed E-state index contributed by atoms with van der Waals surface area (Å²) in [6.45, 7) is 4.83. The van der Waals surface area contributed by atoms with Crippen LogP contribution in [0, 0.1) is 5.92 Å². The Morgan fingerprint density at radius 3 is 2.76 bits per heavy atom. The summed E-state index contributed by atoms with van der Waals surface area (Å²) >= 11 is 1.49. The quantitative estimate of drug-likeness (QED) is 0.833. The topological polar surface area (TPSA) is 60.9 Å². The van der Waals surface area contributed by atoms with E-state index in [1.807, 2.05) is 0 Å². The van der Waals surface area contributed by atoms with Crippen molar-refractivity contribution < 1.29 is 14.7 Å². The Kier molecular flexibility index (Phi) is 5.11. The van der Waals surface area contributed by atoms with E-state index < -0.39 is 12.0 Å². The maximum atomic E-state index is 12.1. The van der Waals surface area contributed by atoms with E-state index in [0.717, 1.165) is 6.42 Å². The summed E-state index contributed by atoms with van der Waals surface area (Å²) in [5.41, 5.74) is 0. The van der Waals surface area contributed by atoms with Gasteiger partial charge in [0.2, 0.25) is 0 Å². The number of carboxylic acids is 1. The molecule has 2 atom stereocenters. The summed E-state index contributed by atoms with van der Waals surface area (Å²) < 4.78 is 0. The van der Waals surface area contributed by atoms with E-state index in [1.54, 1.807) is 11.9 Å². The monoisotopic (exact) mass is 260 g/mol. The number of rotatable bonds is 4. The molecule has 1 fully saturated rings. The van der Waals surface area contributed by atoms with Crippen molar-refractivity contribution in [1.82, 2.24) is 9.80 Å². The number of nitrogens with zero attached hydrogens (tertiary/aromatic N) is 2. The second-order valence-corrected chi connectivity index (χ2v) is 5.50. The van der Waals surface area contributed by atoms with Crippen LogP contribution in [-0.4, -0.2) is 58.2 Å². The molecule has 0 saturated carbocycles. The molecule has 1 rings (SSSR count). The van der Waals surface area contributed by atoms with E-state index in [9.17, 15) is 9.59 Å². The van der Waals surface area contributed by atoms with Gasteiger partial charge in [0.15, 0.2) is 0 Å². The predicted molar refractivity (Wildman–Crippen MR) is 68.1 cm³/mol. The molecule has 1 heterocycles. The fraction of sp³-hybridized carbons (Fsp3) is 0.818. The van der Waals surface area contributed by atoms with Crippen LogP contribution in [0.5, 0.6) is 0 Å². The Bertz CT molecular complexity index is 298. The Morgan fingerprint density at radius 2 is 2.24 bits per heavy atom. The summed E-state index contributed by atoms with van der Waals surface area (Å²) in [6, 6.07) is -0.852. The van der Waals surface area contributed by atoms with E-state index in [0.29, 0.717) is 24.1 Å². The summed E-state index contributed by atoms with van der Waals surface area (Å²) in [7, 11) is 1.73. The first-order valence-electron chi connectivity index (χ1n) is 5.79. The number of amides is 2. The number of hydrogen-bond donors (Lipinski definition) is 1. The first kappa shape index (κ1) is 14.2. The Balaban J connectivity index is 2.59. The molecule has 0 radical (unpaired) electrons. The largest absolute Gasteiger partial charge is 0.480 e. The Morgan fingerprint density at radius 1 is 1.59 bits per heavy atom. The van der Waals surface area contributed by atoms with Gasteiger partial charge in [-0.2, -0.15) is 0 Å². The smallest absolute Gasteiger partial charge is 0.327 e. The van der Waals surface area contributed by atoms with E-state index in [-0.39, 0.29) is 6.03 Å². The number of carboxylic acid groups (broad SMARTS) is 1. The van der Waals surface area contributed by atoms with Crippen LogP contribution in [0.15, 0.2) is 0 Å². The number of hydrogen-bond acceptors (Lipinski definition) is 3. The molecule has 2 amide bonds. The number of thioether (sulfide) groups is 1. The lowest BCUT2D eigenvalue weighted by molar-refractivity contribution is -0.140. The molecule has 98 valence electrons. The minimum Gasteiger partial charge on any atom is -0.480 e. The minimum atomic E-state index is -0.916. The highest BCUT2D eigenvalue weighted by Crippen LogP contribution is 2.22. The zero-order chi connectivity index (χ0) is 13.0. The highest BCUT2D eigenvalue weighted by molar-refractivity contribution is 7.99. The van der Waals surface area contributed by atoms with Crippen LogP contribution < -0.4 is 0 Å². The van der Waals surface area contributed by atoms with E-state index >= 15 is 0 Å². The Hall–Kier alpha value is -0.910. The SMILES string of the molecule is CCC(C)CN(C)C(=O)N1CSC[C@H]1C(=O)O. The maximum Gasteiger partial charge on any atom is 0.327 e. The molecular weight excluding hydrogens is 240 g/mol. The summed E-state index contributed by atoms with van der Waals surface area (Å²) in [4.78, 5) is 26.1. The average molecular weight is 260 g/mol. The van der Waals surface area contributed by atoms with Crippen LogP contribution in [0.1, 0.15) is 20.3 Å². The molecule has 1 unspecified atom stereocenters. The van der Waals surface area contributed by atoms with E-state index in [4.69, 9.17) is 5.11 Å². The molecule has 0 aromatic rings. The standard InChI is InChI=1S/C11H20N2O3S/c1-4-8(2)5-12(3)11(16)13-7-17-6-9(13)10(14)15/h8-9H,4-7H2,1-3H3,(H,14,15)/t8?,9-/m0/s1. The number of urea groups is 1. The molecule has 1 saturated heterocycles. The van der Waals surface area contributed by atoms with Gasteiger partial charge in [-0.05, 0) is 5.92 Å². The average Bonchev–Trinajstić information content (AvgIpc) is 2.76. The third kappa shape index (κ3) is 3.52. The van der Waals surface area contributed by atoms with E-state index in [1.165, 1.54) is 16.7 Å². The summed E-state index contributed by atoms with van der Waals surface area (Å²) in [5, 5.41) is 9.02. The molecule has 0 aromatic carbocycles. The van der Waals surface area contributed by atoms with Gasteiger partial charge in [-0.25, -0.2) is 9.59 Å². The second-order valence-electron chi connectivity index (χ2n) is 4.50. The number of carbonyl (C=O) groups excluding carboxylic acids is 1. The molecule has 6 heteroatoms. The molecule has 1 N–H and O–H groups in total. The molecule has 5 nitrogen and oxygen atoms in total. The zero-order valence-electron chi connectivity index (χ0n) is 10.5. The molecule has 0 spiro atoms. The van der Waals surface area contributed by atoms with Crippen LogP contribution >= 0.6 is 11.8 Å². The van der Waals surface area contributed by atoms with Crippen molar-refractivity contribution in [3.05, 3.63) is 0 Å². The first-order valence-corrected chi connectivity index (χ1v) is 6.95.